The van der Waals surface area contributed by atoms with Gasteiger partial charge in [-0.3, -0.25) is 4.79 Å². The van der Waals surface area contributed by atoms with E-state index in [1.165, 1.54) is 0 Å². The molecule has 0 saturated heterocycles. The van der Waals surface area contributed by atoms with E-state index in [2.05, 4.69) is 29.3 Å². The highest BCUT2D eigenvalue weighted by Crippen LogP contribution is 2.44. The molecule has 7 heteroatoms. The maximum atomic E-state index is 12.8. The first-order valence-corrected chi connectivity index (χ1v) is 11.1. The number of amides is 2. The van der Waals surface area contributed by atoms with Crippen LogP contribution in [0, 0.1) is 0 Å². The van der Waals surface area contributed by atoms with Crippen LogP contribution in [0.25, 0.3) is 11.1 Å². The molecule has 0 spiro atoms. The molecule has 0 aliphatic heterocycles. The Morgan fingerprint density at radius 2 is 1.70 bits per heavy atom. The third kappa shape index (κ3) is 5.25. The van der Waals surface area contributed by atoms with Crippen molar-refractivity contribution in [2.75, 3.05) is 6.61 Å². The summed E-state index contributed by atoms with van der Waals surface area (Å²) < 4.78 is 5.55. The van der Waals surface area contributed by atoms with Gasteiger partial charge in [0, 0.05) is 5.92 Å². The van der Waals surface area contributed by atoms with Crippen LogP contribution >= 0.6 is 0 Å². The quantitative estimate of drug-likeness (QED) is 0.470. The molecule has 33 heavy (non-hydrogen) atoms. The molecule has 3 rings (SSSR count). The van der Waals surface area contributed by atoms with Gasteiger partial charge in [0.05, 0.1) is 0 Å². The first kappa shape index (κ1) is 24.0. The average molecular weight is 451 g/mol. The molecule has 2 unspecified atom stereocenters. The molecule has 0 radical (unpaired) electrons. The zero-order valence-corrected chi connectivity index (χ0v) is 19.0. The lowest BCUT2D eigenvalue weighted by Crippen LogP contribution is -2.59. The second-order valence-electron chi connectivity index (χ2n) is 8.37. The van der Waals surface area contributed by atoms with Gasteiger partial charge < -0.3 is 20.5 Å². The maximum absolute atomic E-state index is 12.8. The Bertz CT molecular complexity index is 1000. The number of carbonyl (C=O) groups is 3. The predicted molar refractivity (Wildman–Crippen MR) is 126 cm³/mol. The van der Waals surface area contributed by atoms with Crippen LogP contribution in [0.4, 0.5) is 4.79 Å². The SMILES string of the molecule is C=CCCC(NC(=O)C(C)(CC)NC(=O)OCC1c2ccccc2-c2ccccc21)C(=O)O. The largest absolute Gasteiger partial charge is 0.480 e. The minimum absolute atomic E-state index is 0.0971. The van der Waals surface area contributed by atoms with Crippen molar-refractivity contribution < 1.29 is 24.2 Å². The number of hydrogen-bond donors (Lipinski definition) is 3. The normalized spacial score (nSPS) is 14.8. The van der Waals surface area contributed by atoms with E-state index in [1.807, 2.05) is 36.4 Å². The van der Waals surface area contributed by atoms with Crippen molar-refractivity contribution in [3.05, 3.63) is 72.3 Å². The molecule has 7 nitrogen and oxygen atoms in total. The summed E-state index contributed by atoms with van der Waals surface area (Å²) >= 11 is 0. The number of alkyl carbamates (subject to hydrolysis) is 1. The number of fused-ring (bicyclic) bond motifs is 3. The van der Waals surface area contributed by atoms with Gasteiger partial charge in [-0.15, -0.1) is 6.58 Å². The van der Waals surface area contributed by atoms with E-state index in [0.29, 0.717) is 6.42 Å². The average Bonchev–Trinajstić information content (AvgIpc) is 3.13. The number of carbonyl (C=O) groups excluding carboxylic acids is 2. The van der Waals surface area contributed by atoms with Gasteiger partial charge in [-0.1, -0.05) is 61.5 Å². The number of carboxylic acids is 1. The summed E-state index contributed by atoms with van der Waals surface area (Å²) in [5, 5.41) is 14.5. The second kappa shape index (κ2) is 10.3. The number of carboxylic acid groups (broad SMARTS) is 1. The highest BCUT2D eigenvalue weighted by atomic mass is 16.5. The van der Waals surface area contributed by atoms with Gasteiger partial charge in [0.2, 0.25) is 5.91 Å². The Balaban J connectivity index is 1.66. The fraction of sp³-hybridized carbons (Fsp3) is 0.346. The summed E-state index contributed by atoms with van der Waals surface area (Å²) in [6.07, 6.45) is 1.79. The number of aliphatic carboxylic acids is 1. The third-order valence-electron chi connectivity index (χ3n) is 6.19. The van der Waals surface area contributed by atoms with E-state index in [-0.39, 0.29) is 25.4 Å². The fourth-order valence-electron chi connectivity index (χ4n) is 4.02. The van der Waals surface area contributed by atoms with E-state index >= 15 is 0 Å². The van der Waals surface area contributed by atoms with Crippen molar-refractivity contribution in [2.45, 2.75) is 50.6 Å². The first-order valence-electron chi connectivity index (χ1n) is 11.1. The molecule has 0 aromatic heterocycles. The molecule has 3 N–H and O–H groups in total. The van der Waals surface area contributed by atoms with Gasteiger partial charge in [0.25, 0.3) is 0 Å². The zero-order valence-electron chi connectivity index (χ0n) is 19.0. The van der Waals surface area contributed by atoms with Crippen LogP contribution in [0.3, 0.4) is 0 Å². The van der Waals surface area contributed by atoms with Gasteiger partial charge in [-0.05, 0) is 48.4 Å². The Labute approximate surface area is 193 Å². The lowest BCUT2D eigenvalue weighted by atomic mass is 9.97. The molecule has 2 atom stereocenters. The number of benzene rings is 2. The summed E-state index contributed by atoms with van der Waals surface area (Å²) in [4.78, 5) is 36.9. The molecule has 2 amide bonds. The Hall–Kier alpha value is -3.61. The predicted octanol–water partition coefficient (Wildman–Crippen LogP) is 4.23. The van der Waals surface area contributed by atoms with Crippen molar-refractivity contribution in [1.29, 1.82) is 0 Å². The van der Waals surface area contributed by atoms with Crippen LogP contribution in [0.1, 0.15) is 50.2 Å². The van der Waals surface area contributed by atoms with E-state index in [1.54, 1.807) is 19.9 Å². The molecule has 174 valence electrons. The van der Waals surface area contributed by atoms with E-state index in [9.17, 15) is 19.5 Å². The number of nitrogens with one attached hydrogen (secondary N) is 2. The highest BCUT2D eigenvalue weighted by Gasteiger charge is 2.36. The van der Waals surface area contributed by atoms with Crippen molar-refractivity contribution in [3.63, 3.8) is 0 Å². The summed E-state index contributed by atoms with van der Waals surface area (Å²) in [6.45, 7) is 6.99. The molecule has 2 aromatic rings. The van der Waals surface area contributed by atoms with E-state index < -0.39 is 29.6 Å². The molecule has 2 aromatic carbocycles. The van der Waals surface area contributed by atoms with Crippen molar-refractivity contribution >= 4 is 18.0 Å². The molecule has 0 bridgehead atoms. The summed E-state index contributed by atoms with van der Waals surface area (Å²) in [5.74, 6) is -1.81. The van der Waals surface area contributed by atoms with Crippen LogP contribution in [0.2, 0.25) is 0 Å². The van der Waals surface area contributed by atoms with Gasteiger partial charge in [-0.2, -0.15) is 0 Å². The van der Waals surface area contributed by atoms with Crippen LogP contribution in [-0.2, 0) is 14.3 Å². The molecule has 0 saturated carbocycles. The van der Waals surface area contributed by atoms with Crippen LogP contribution in [0.15, 0.2) is 61.2 Å². The fourth-order valence-corrected chi connectivity index (χ4v) is 4.02. The summed E-state index contributed by atoms with van der Waals surface area (Å²) in [5.41, 5.74) is 3.12. The maximum Gasteiger partial charge on any atom is 0.408 e. The number of allylic oxidation sites excluding steroid dienone is 1. The van der Waals surface area contributed by atoms with E-state index in [4.69, 9.17) is 4.74 Å². The molecule has 1 aliphatic carbocycles. The summed E-state index contributed by atoms with van der Waals surface area (Å²) in [6, 6.07) is 15.0. The zero-order chi connectivity index (χ0) is 24.0. The van der Waals surface area contributed by atoms with Crippen molar-refractivity contribution in [2.24, 2.45) is 0 Å². The van der Waals surface area contributed by atoms with Crippen LogP contribution < -0.4 is 10.6 Å². The summed E-state index contributed by atoms with van der Waals surface area (Å²) in [7, 11) is 0. The molecule has 0 fully saturated rings. The molecule has 0 heterocycles. The first-order chi connectivity index (χ1) is 15.8. The number of rotatable bonds is 10. The van der Waals surface area contributed by atoms with Crippen molar-refractivity contribution in [1.82, 2.24) is 10.6 Å². The number of ether oxygens (including phenoxy) is 1. The van der Waals surface area contributed by atoms with Gasteiger partial charge in [0.1, 0.15) is 18.2 Å². The number of hydrogen-bond acceptors (Lipinski definition) is 4. The minimum atomic E-state index is -1.32. The van der Waals surface area contributed by atoms with Crippen LogP contribution in [-0.4, -0.2) is 41.3 Å². The Morgan fingerprint density at radius 3 is 2.21 bits per heavy atom. The molecule has 1 aliphatic rings. The van der Waals surface area contributed by atoms with Gasteiger partial charge in [0.15, 0.2) is 0 Å². The molecular weight excluding hydrogens is 420 g/mol. The van der Waals surface area contributed by atoms with Crippen molar-refractivity contribution in [3.8, 4) is 11.1 Å². The van der Waals surface area contributed by atoms with Gasteiger partial charge >= 0.3 is 12.1 Å². The smallest absolute Gasteiger partial charge is 0.408 e. The molecular formula is C26H30N2O5. The van der Waals surface area contributed by atoms with Gasteiger partial charge in [-0.25, -0.2) is 9.59 Å². The van der Waals surface area contributed by atoms with Crippen LogP contribution in [0.5, 0.6) is 0 Å². The topological polar surface area (TPSA) is 105 Å². The third-order valence-corrected chi connectivity index (χ3v) is 6.19. The lowest BCUT2D eigenvalue weighted by molar-refractivity contribution is -0.143. The standard InChI is InChI=1S/C26H30N2O5/c1-4-6-15-22(23(29)30)27-24(31)26(3,5-2)28-25(32)33-16-21-19-13-9-7-11-17(19)18-12-8-10-14-20(18)21/h4,7-14,21-22H,1,5-6,15-16H2,2-3H3,(H,27,31)(H,28,32)(H,29,30). The lowest BCUT2D eigenvalue weighted by Gasteiger charge is -2.29. The monoisotopic (exact) mass is 450 g/mol. The second-order valence-corrected chi connectivity index (χ2v) is 8.37. The Kier molecular flexibility index (Phi) is 7.53. The highest BCUT2D eigenvalue weighted by molar-refractivity contribution is 5.92. The minimum Gasteiger partial charge on any atom is -0.480 e. The Morgan fingerprint density at radius 1 is 1.12 bits per heavy atom. The van der Waals surface area contributed by atoms with E-state index in [0.717, 1.165) is 22.3 Å².